The topological polar surface area (TPSA) is 50.4 Å². The molecule has 0 saturated carbocycles. The summed E-state index contributed by atoms with van der Waals surface area (Å²) in [6.45, 7) is 5.06. The minimum Gasteiger partial charge on any atom is -0.380 e. The van der Waals surface area contributed by atoms with Crippen molar-refractivity contribution in [2.24, 2.45) is 0 Å². The van der Waals surface area contributed by atoms with E-state index in [4.69, 9.17) is 4.74 Å². The van der Waals surface area contributed by atoms with E-state index in [1.54, 1.807) is 0 Å². The lowest BCUT2D eigenvalue weighted by Crippen LogP contribution is -2.37. The van der Waals surface area contributed by atoms with Crippen molar-refractivity contribution in [2.45, 2.75) is 19.4 Å². The normalized spacial score (nSPS) is 18.8. The third-order valence-electron chi connectivity index (χ3n) is 3.09. The summed E-state index contributed by atoms with van der Waals surface area (Å²) in [6, 6.07) is 8.04. The third kappa shape index (κ3) is 3.82. The molecule has 0 aromatic heterocycles. The zero-order valence-corrected chi connectivity index (χ0v) is 10.7. The van der Waals surface area contributed by atoms with Crippen LogP contribution in [0.5, 0.6) is 0 Å². The Hall–Kier alpha value is -1.39. The fraction of sp³-hybridized carbons (Fsp3) is 0.500. The van der Waals surface area contributed by atoms with Crippen LogP contribution in [0.15, 0.2) is 24.3 Å². The van der Waals surface area contributed by atoms with E-state index in [0.717, 1.165) is 31.7 Å². The van der Waals surface area contributed by atoms with E-state index in [1.807, 2.05) is 31.2 Å². The molecule has 0 bridgehead atoms. The van der Waals surface area contributed by atoms with Crippen LogP contribution in [0.4, 0.5) is 0 Å². The van der Waals surface area contributed by atoms with Gasteiger partial charge in [0, 0.05) is 31.3 Å². The molecule has 1 atom stereocenters. The summed E-state index contributed by atoms with van der Waals surface area (Å²) >= 11 is 0. The molecule has 18 heavy (non-hydrogen) atoms. The van der Waals surface area contributed by atoms with E-state index >= 15 is 0 Å². The second-order valence-electron chi connectivity index (χ2n) is 4.64. The molecule has 1 fully saturated rings. The molecule has 4 heteroatoms. The van der Waals surface area contributed by atoms with E-state index in [9.17, 15) is 4.79 Å². The Kier molecular flexibility index (Phi) is 4.73. The van der Waals surface area contributed by atoms with Gasteiger partial charge in [-0.1, -0.05) is 17.7 Å². The standard InChI is InChI=1S/C14H20N2O2/c1-11-2-4-12(5-3-11)14(17)16-8-7-15-13-6-9-18-10-13/h2-5,13,15H,6-10H2,1H3,(H,16,17). The molecule has 1 amide bonds. The second kappa shape index (κ2) is 6.52. The lowest BCUT2D eigenvalue weighted by molar-refractivity contribution is 0.0953. The monoisotopic (exact) mass is 248 g/mol. The van der Waals surface area contributed by atoms with Crippen LogP contribution in [0.1, 0.15) is 22.3 Å². The van der Waals surface area contributed by atoms with E-state index in [1.165, 1.54) is 0 Å². The molecule has 1 saturated heterocycles. The molecule has 0 aliphatic carbocycles. The molecule has 1 aliphatic rings. The van der Waals surface area contributed by atoms with Crippen molar-refractivity contribution in [1.82, 2.24) is 10.6 Å². The number of benzene rings is 1. The summed E-state index contributed by atoms with van der Waals surface area (Å²) < 4.78 is 5.27. The highest BCUT2D eigenvalue weighted by molar-refractivity contribution is 5.94. The van der Waals surface area contributed by atoms with Gasteiger partial charge in [-0.15, -0.1) is 0 Å². The fourth-order valence-corrected chi connectivity index (χ4v) is 1.95. The smallest absolute Gasteiger partial charge is 0.251 e. The van der Waals surface area contributed by atoms with Gasteiger partial charge in [-0.3, -0.25) is 4.79 Å². The van der Waals surface area contributed by atoms with Gasteiger partial charge in [0.2, 0.25) is 0 Å². The second-order valence-corrected chi connectivity index (χ2v) is 4.64. The zero-order valence-electron chi connectivity index (χ0n) is 10.7. The lowest BCUT2D eigenvalue weighted by atomic mass is 10.1. The maximum absolute atomic E-state index is 11.8. The van der Waals surface area contributed by atoms with Crippen LogP contribution in [0, 0.1) is 6.92 Å². The zero-order chi connectivity index (χ0) is 12.8. The van der Waals surface area contributed by atoms with Crippen molar-refractivity contribution in [1.29, 1.82) is 0 Å². The van der Waals surface area contributed by atoms with E-state index in [2.05, 4.69) is 10.6 Å². The number of rotatable bonds is 5. The summed E-state index contributed by atoms with van der Waals surface area (Å²) in [4.78, 5) is 11.8. The largest absolute Gasteiger partial charge is 0.380 e. The highest BCUT2D eigenvalue weighted by Gasteiger charge is 2.14. The summed E-state index contributed by atoms with van der Waals surface area (Å²) in [7, 11) is 0. The predicted octanol–water partition coefficient (Wildman–Crippen LogP) is 1.10. The number of hydrogen-bond acceptors (Lipinski definition) is 3. The Labute approximate surface area is 108 Å². The average molecular weight is 248 g/mol. The highest BCUT2D eigenvalue weighted by Crippen LogP contribution is 2.03. The van der Waals surface area contributed by atoms with Crippen LogP contribution in [0.3, 0.4) is 0 Å². The number of carbonyl (C=O) groups is 1. The molecular formula is C14H20N2O2. The molecule has 1 aromatic rings. The quantitative estimate of drug-likeness (QED) is 0.767. The molecule has 0 spiro atoms. The van der Waals surface area contributed by atoms with E-state index in [0.29, 0.717) is 18.2 Å². The predicted molar refractivity (Wildman–Crippen MR) is 70.7 cm³/mol. The Morgan fingerprint density at radius 3 is 2.78 bits per heavy atom. The van der Waals surface area contributed by atoms with Gasteiger partial charge in [0.25, 0.3) is 5.91 Å². The van der Waals surface area contributed by atoms with E-state index in [-0.39, 0.29) is 5.91 Å². The van der Waals surface area contributed by atoms with Gasteiger partial charge in [0.15, 0.2) is 0 Å². The number of ether oxygens (including phenoxy) is 1. The Balaban J connectivity index is 1.66. The van der Waals surface area contributed by atoms with Gasteiger partial charge < -0.3 is 15.4 Å². The maximum Gasteiger partial charge on any atom is 0.251 e. The fourth-order valence-electron chi connectivity index (χ4n) is 1.95. The van der Waals surface area contributed by atoms with Crippen LogP contribution < -0.4 is 10.6 Å². The van der Waals surface area contributed by atoms with Gasteiger partial charge in [-0.25, -0.2) is 0 Å². The number of carbonyl (C=O) groups excluding carboxylic acids is 1. The van der Waals surface area contributed by atoms with Crippen LogP contribution in [0.25, 0.3) is 0 Å². The summed E-state index contributed by atoms with van der Waals surface area (Å²) in [5, 5.41) is 6.26. The third-order valence-corrected chi connectivity index (χ3v) is 3.09. The number of amides is 1. The molecule has 1 aromatic carbocycles. The van der Waals surface area contributed by atoms with Crippen LogP contribution in [-0.4, -0.2) is 38.3 Å². The molecule has 1 aliphatic heterocycles. The van der Waals surface area contributed by atoms with Crippen molar-refractivity contribution in [3.63, 3.8) is 0 Å². The van der Waals surface area contributed by atoms with Gasteiger partial charge in [0.1, 0.15) is 0 Å². The summed E-state index contributed by atoms with van der Waals surface area (Å²) in [5.74, 6) is -0.0144. The van der Waals surface area contributed by atoms with Gasteiger partial charge in [0.05, 0.1) is 6.61 Å². The SMILES string of the molecule is Cc1ccc(C(=O)NCCNC2CCOC2)cc1. The Morgan fingerprint density at radius 2 is 2.11 bits per heavy atom. The van der Waals surface area contributed by atoms with Gasteiger partial charge in [-0.05, 0) is 25.5 Å². The van der Waals surface area contributed by atoms with Gasteiger partial charge in [-0.2, -0.15) is 0 Å². The molecule has 98 valence electrons. The van der Waals surface area contributed by atoms with Crippen LogP contribution in [0.2, 0.25) is 0 Å². The first-order valence-corrected chi connectivity index (χ1v) is 6.42. The molecule has 1 heterocycles. The van der Waals surface area contributed by atoms with Crippen molar-refractivity contribution in [3.8, 4) is 0 Å². The number of nitrogens with one attached hydrogen (secondary N) is 2. The van der Waals surface area contributed by atoms with Crippen LogP contribution >= 0.6 is 0 Å². The molecule has 0 radical (unpaired) electrons. The molecular weight excluding hydrogens is 228 g/mol. The molecule has 4 nitrogen and oxygen atoms in total. The van der Waals surface area contributed by atoms with Crippen molar-refractivity contribution < 1.29 is 9.53 Å². The minimum absolute atomic E-state index is 0.0144. The summed E-state index contributed by atoms with van der Waals surface area (Å²) in [5.41, 5.74) is 1.87. The first-order valence-electron chi connectivity index (χ1n) is 6.42. The lowest BCUT2D eigenvalue weighted by Gasteiger charge is -2.11. The van der Waals surface area contributed by atoms with Crippen molar-refractivity contribution in [3.05, 3.63) is 35.4 Å². The number of hydrogen-bond donors (Lipinski definition) is 2. The molecule has 1 unspecified atom stereocenters. The van der Waals surface area contributed by atoms with Crippen molar-refractivity contribution >= 4 is 5.91 Å². The van der Waals surface area contributed by atoms with Crippen molar-refractivity contribution in [2.75, 3.05) is 26.3 Å². The Morgan fingerprint density at radius 1 is 1.33 bits per heavy atom. The number of aryl methyl sites for hydroxylation is 1. The van der Waals surface area contributed by atoms with Gasteiger partial charge >= 0.3 is 0 Å². The average Bonchev–Trinajstić information content (AvgIpc) is 2.88. The first-order chi connectivity index (χ1) is 8.75. The van der Waals surface area contributed by atoms with E-state index < -0.39 is 0 Å². The maximum atomic E-state index is 11.8. The molecule has 2 N–H and O–H groups in total. The van der Waals surface area contributed by atoms with Crippen LogP contribution in [-0.2, 0) is 4.74 Å². The Bertz CT molecular complexity index is 383. The first kappa shape index (κ1) is 13.1. The minimum atomic E-state index is -0.0144. The summed E-state index contributed by atoms with van der Waals surface area (Å²) in [6.07, 6.45) is 1.06. The molecule has 2 rings (SSSR count). The highest BCUT2D eigenvalue weighted by atomic mass is 16.5.